The minimum absolute atomic E-state index is 0.180. The molecule has 0 amide bonds. The van der Waals surface area contributed by atoms with E-state index in [0.717, 1.165) is 18.7 Å². The summed E-state index contributed by atoms with van der Waals surface area (Å²) in [5.74, 6) is 1.87. The summed E-state index contributed by atoms with van der Waals surface area (Å²) in [5.41, 5.74) is 0. The van der Waals surface area contributed by atoms with Gasteiger partial charge in [0.25, 0.3) is 0 Å². The molecule has 0 aliphatic heterocycles. The number of allylic oxidation sites excluding steroid dienone is 1. The first kappa shape index (κ1) is 23.9. The molecule has 0 aliphatic rings. The molecular formula is C17H34N2O3S2. The molecule has 0 radical (unpaired) electrons. The Bertz CT molecular complexity index is 316. The lowest BCUT2D eigenvalue weighted by atomic mass is 10.3. The molecule has 2 N–H and O–H groups in total. The molecule has 0 rings (SSSR count). The Morgan fingerprint density at radius 2 is 1.96 bits per heavy atom. The molecule has 7 heteroatoms. The summed E-state index contributed by atoms with van der Waals surface area (Å²) >= 11 is 0. The highest BCUT2D eigenvalue weighted by Crippen LogP contribution is 2.20. The van der Waals surface area contributed by atoms with Gasteiger partial charge in [0.15, 0.2) is 0 Å². The fourth-order valence-electron chi connectivity index (χ4n) is 1.61. The van der Waals surface area contributed by atoms with Gasteiger partial charge in [-0.15, -0.1) is 0 Å². The van der Waals surface area contributed by atoms with Gasteiger partial charge in [0.05, 0.1) is 26.4 Å². The smallest absolute Gasteiger partial charge is 0.148 e. The maximum Gasteiger partial charge on any atom is 0.148 e. The minimum atomic E-state index is 0.180. The number of Topliss-reactive ketones (excluding diaryl/α,β-unsaturated/α-hetero) is 1. The van der Waals surface area contributed by atoms with E-state index in [-0.39, 0.29) is 5.78 Å². The lowest BCUT2D eigenvalue weighted by Gasteiger charge is -2.07. The van der Waals surface area contributed by atoms with Crippen LogP contribution in [0, 0.1) is 0 Å². The maximum absolute atomic E-state index is 11.6. The van der Waals surface area contributed by atoms with Crippen LogP contribution in [0.4, 0.5) is 0 Å². The van der Waals surface area contributed by atoms with Gasteiger partial charge < -0.3 is 20.1 Å². The van der Waals surface area contributed by atoms with Crippen LogP contribution in [-0.4, -0.2) is 63.0 Å². The number of carbonyl (C=O) groups excluding carboxylic acids is 1. The summed E-state index contributed by atoms with van der Waals surface area (Å²) in [5, 5.41) is 6.45. The van der Waals surface area contributed by atoms with E-state index in [1.165, 1.54) is 0 Å². The molecule has 0 saturated heterocycles. The Balaban J connectivity index is 3.20. The third kappa shape index (κ3) is 20.0. The second-order valence-corrected chi connectivity index (χ2v) is 8.02. The minimum Gasteiger partial charge on any atom is -0.376 e. The summed E-state index contributed by atoms with van der Waals surface area (Å²) in [6.45, 7) is 10.2. The van der Waals surface area contributed by atoms with Crippen LogP contribution in [0.25, 0.3) is 0 Å². The van der Waals surface area contributed by atoms with Crippen molar-refractivity contribution in [2.24, 2.45) is 0 Å². The normalized spacial score (nSPS) is 11.7. The molecule has 5 nitrogen and oxygen atoms in total. The van der Waals surface area contributed by atoms with E-state index < -0.39 is 0 Å². The van der Waals surface area contributed by atoms with Crippen molar-refractivity contribution < 1.29 is 14.3 Å². The van der Waals surface area contributed by atoms with Gasteiger partial charge >= 0.3 is 0 Å². The van der Waals surface area contributed by atoms with Gasteiger partial charge in [0, 0.05) is 31.3 Å². The van der Waals surface area contributed by atoms with Crippen molar-refractivity contribution in [1.82, 2.24) is 10.6 Å². The van der Waals surface area contributed by atoms with Crippen molar-refractivity contribution in [3.05, 3.63) is 12.2 Å². The topological polar surface area (TPSA) is 59.6 Å². The number of ketones is 1. The van der Waals surface area contributed by atoms with Crippen LogP contribution < -0.4 is 10.6 Å². The van der Waals surface area contributed by atoms with Gasteiger partial charge in [0.1, 0.15) is 11.7 Å². The molecule has 24 heavy (non-hydrogen) atoms. The standard InChI is InChI=1S/C17H34N2O3S2/c1-4-5-6-10-21-12-8-18-14-17(20)7-11-22-15-24-23-13-9-19-16(2)3/h5-6,16,18-19H,4,7-15H2,1-3H3/b6-5+. The summed E-state index contributed by atoms with van der Waals surface area (Å²) in [6, 6.07) is 0.538. The highest BCUT2D eigenvalue weighted by atomic mass is 33.1. The Kier molecular flexibility index (Phi) is 19.2. The molecule has 0 bridgehead atoms. The SMILES string of the molecule is CC/C=C/COCCNCC(=O)CCOCSSCCNC(C)C. The molecule has 0 spiro atoms. The molecule has 0 aromatic heterocycles. The van der Waals surface area contributed by atoms with Crippen LogP contribution in [0.5, 0.6) is 0 Å². The second kappa shape index (κ2) is 19.3. The fourth-order valence-corrected chi connectivity index (χ4v) is 3.19. The number of rotatable bonds is 18. The Morgan fingerprint density at radius 1 is 1.12 bits per heavy atom. The van der Waals surface area contributed by atoms with Gasteiger partial charge in [-0.2, -0.15) is 0 Å². The number of hydrogen-bond acceptors (Lipinski definition) is 7. The lowest BCUT2D eigenvalue weighted by molar-refractivity contribution is -0.119. The predicted octanol–water partition coefficient (Wildman–Crippen LogP) is 2.87. The van der Waals surface area contributed by atoms with Crippen molar-refractivity contribution >= 4 is 27.4 Å². The molecule has 0 unspecified atom stereocenters. The van der Waals surface area contributed by atoms with Crippen LogP contribution in [0.3, 0.4) is 0 Å². The van der Waals surface area contributed by atoms with Crippen molar-refractivity contribution in [1.29, 1.82) is 0 Å². The predicted molar refractivity (Wildman–Crippen MR) is 107 cm³/mol. The second-order valence-electron chi connectivity index (χ2n) is 5.49. The number of carbonyl (C=O) groups is 1. The van der Waals surface area contributed by atoms with Crippen molar-refractivity contribution in [2.45, 2.75) is 39.7 Å². The van der Waals surface area contributed by atoms with Crippen LogP contribution in [-0.2, 0) is 14.3 Å². The molecule has 142 valence electrons. The summed E-state index contributed by atoms with van der Waals surface area (Å²) < 4.78 is 10.8. The van der Waals surface area contributed by atoms with Gasteiger partial charge in [-0.3, -0.25) is 4.79 Å². The van der Waals surface area contributed by atoms with E-state index in [0.29, 0.717) is 51.3 Å². The Hall–Kier alpha value is -0.0500. The van der Waals surface area contributed by atoms with Gasteiger partial charge in [-0.25, -0.2) is 0 Å². The van der Waals surface area contributed by atoms with E-state index in [2.05, 4.69) is 37.5 Å². The third-order valence-corrected chi connectivity index (χ3v) is 4.93. The number of nitrogens with one attached hydrogen (secondary N) is 2. The molecule has 0 heterocycles. The van der Waals surface area contributed by atoms with Crippen molar-refractivity contribution in [3.63, 3.8) is 0 Å². The average molecular weight is 379 g/mol. The first-order chi connectivity index (χ1) is 11.7. The average Bonchev–Trinajstić information content (AvgIpc) is 2.55. The van der Waals surface area contributed by atoms with E-state index >= 15 is 0 Å². The molecule has 0 aromatic carbocycles. The Labute approximate surface area is 155 Å². The van der Waals surface area contributed by atoms with Gasteiger partial charge in [-0.1, -0.05) is 54.5 Å². The zero-order valence-electron chi connectivity index (χ0n) is 15.3. The first-order valence-electron chi connectivity index (χ1n) is 8.67. The van der Waals surface area contributed by atoms with Crippen LogP contribution in [0.15, 0.2) is 12.2 Å². The zero-order valence-corrected chi connectivity index (χ0v) is 17.0. The molecule has 0 saturated carbocycles. The van der Waals surface area contributed by atoms with Gasteiger partial charge in [0.2, 0.25) is 0 Å². The Morgan fingerprint density at radius 3 is 2.71 bits per heavy atom. The van der Waals surface area contributed by atoms with E-state index in [4.69, 9.17) is 9.47 Å². The third-order valence-electron chi connectivity index (χ3n) is 2.84. The van der Waals surface area contributed by atoms with E-state index in [1.54, 1.807) is 21.6 Å². The van der Waals surface area contributed by atoms with Crippen molar-refractivity contribution in [2.75, 3.05) is 51.1 Å². The quantitative estimate of drug-likeness (QED) is 0.165. The fraction of sp³-hybridized carbons (Fsp3) is 0.824. The highest BCUT2D eigenvalue weighted by molar-refractivity contribution is 8.76. The van der Waals surface area contributed by atoms with Crippen LogP contribution in [0.2, 0.25) is 0 Å². The molecule has 0 atom stereocenters. The highest BCUT2D eigenvalue weighted by Gasteiger charge is 2.01. The van der Waals surface area contributed by atoms with Crippen LogP contribution in [0.1, 0.15) is 33.6 Å². The number of ether oxygens (including phenoxy) is 2. The largest absolute Gasteiger partial charge is 0.376 e. The molecule has 0 aromatic rings. The molecule has 0 fully saturated rings. The zero-order chi connectivity index (χ0) is 17.9. The summed E-state index contributed by atoms with van der Waals surface area (Å²) in [6.07, 6.45) is 5.59. The van der Waals surface area contributed by atoms with E-state index in [1.807, 2.05) is 6.08 Å². The van der Waals surface area contributed by atoms with Crippen LogP contribution >= 0.6 is 21.6 Å². The maximum atomic E-state index is 11.6. The summed E-state index contributed by atoms with van der Waals surface area (Å²) in [4.78, 5) is 11.6. The first-order valence-corrected chi connectivity index (χ1v) is 11.2. The monoisotopic (exact) mass is 378 g/mol. The van der Waals surface area contributed by atoms with E-state index in [9.17, 15) is 4.79 Å². The molecule has 0 aliphatic carbocycles. The van der Waals surface area contributed by atoms with Gasteiger partial charge in [-0.05, 0) is 6.42 Å². The molecular weight excluding hydrogens is 344 g/mol. The van der Waals surface area contributed by atoms with Crippen molar-refractivity contribution in [3.8, 4) is 0 Å². The lowest BCUT2D eigenvalue weighted by Crippen LogP contribution is -2.27. The summed E-state index contributed by atoms with van der Waals surface area (Å²) in [7, 11) is 3.49. The number of hydrogen-bond donors (Lipinski definition) is 2.